The number of imide groups is 1. The van der Waals surface area contributed by atoms with Gasteiger partial charge < -0.3 is 5.32 Å². The summed E-state index contributed by atoms with van der Waals surface area (Å²) in [6.45, 7) is 0. The zero-order chi connectivity index (χ0) is 8.55. The smallest absolute Gasteiger partial charge is 0.321 e. The molecule has 4 heteroatoms. The molecular formula is C8H8N2O2. The molecule has 4 nitrogen and oxygen atoms in total. The summed E-state index contributed by atoms with van der Waals surface area (Å²) in [4.78, 5) is 22.0. The van der Waals surface area contributed by atoms with Crippen molar-refractivity contribution < 1.29 is 9.59 Å². The Labute approximate surface area is 69.3 Å². The maximum atomic E-state index is 11.2. The van der Waals surface area contributed by atoms with E-state index in [9.17, 15) is 9.59 Å². The van der Waals surface area contributed by atoms with Gasteiger partial charge in [0.1, 0.15) is 0 Å². The van der Waals surface area contributed by atoms with Crippen molar-refractivity contribution >= 4 is 11.9 Å². The third-order valence-electron chi connectivity index (χ3n) is 1.97. The van der Waals surface area contributed by atoms with Gasteiger partial charge in [-0.05, 0) is 0 Å². The number of carbonyl (C=O) groups excluding carboxylic acids is 2. The van der Waals surface area contributed by atoms with Crippen molar-refractivity contribution in [1.82, 2.24) is 10.6 Å². The molecule has 0 radical (unpaired) electrons. The van der Waals surface area contributed by atoms with Gasteiger partial charge in [0.15, 0.2) is 0 Å². The molecule has 1 fully saturated rings. The van der Waals surface area contributed by atoms with Crippen LogP contribution in [-0.2, 0) is 4.79 Å². The second-order valence-electron chi connectivity index (χ2n) is 2.78. The van der Waals surface area contributed by atoms with Gasteiger partial charge in [0.2, 0.25) is 5.91 Å². The van der Waals surface area contributed by atoms with Gasteiger partial charge in [-0.25, -0.2) is 4.79 Å². The first kappa shape index (κ1) is 7.09. The van der Waals surface area contributed by atoms with E-state index in [2.05, 4.69) is 10.6 Å². The van der Waals surface area contributed by atoms with Crippen LogP contribution in [0.4, 0.5) is 4.79 Å². The van der Waals surface area contributed by atoms with Crippen molar-refractivity contribution in [2.45, 2.75) is 6.04 Å². The Morgan fingerprint density at radius 2 is 1.92 bits per heavy atom. The number of carbonyl (C=O) groups is 2. The van der Waals surface area contributed by atoms with Gasteiger partial charge in [-0.15, -0.1) is 0 Å². The largest absolute Gasteiger partial charge is 0.330 e. The first-order valence-corrected chi connectivity index (χ1v) is 3.74. The molecule has 0 saturated carbocycles. The van der Waals surface area contributed by atoms with Crippen LogP contribution in [0.3, 0.4) is 0 Å². The van der Waals surface area contributed by atoms with E-state index in [-0.39, 0.29) is 17.9 Å². The highest BCUT2D eigenvalue weighted by molar-refractivity contribution is 5.99. The number of amides is 3. The van der Waals surface area contributed by atoms with Gasteiger partial charge >= 0.3 is 6.03 Å². The molecule has 1 aliphatic heterocycles. The van der Waals surface area contributed by atoms with Crippen molar-refractivity contribution in [2.24, 2.45) is 5.92 Å². The lowest BCUT2D eigenvalue weighted by molar-refractivity contribution is -0.123. The number of allylic oxidation sites excluding steroid dienone is 2. The third-order valence-corrected chi connectivity index (χ3v) is 1.97. The number of hydrogen-bond acceptors (Lipinski definition) is 2. The highest BCUT2D eigenvalue weighted by Crippen LogP contribution is 2.15. The number of nitrogens with one attached hydrogen (secondary N) is 2. The van der Waals surface area contributed by atoms with Gasteiger partial charge in [-0.2, -0.15) is 0 Å². The average Bonchev–Trinajstić information content (AvgIpc) is 2.04. The molecule has 2 aliphatic rings. The molecule has 3 amide bonds. The molecule has 2 N–H and O–H groups in total. The summed E-state index contributed by atoms with van der Waals surface area (Å²) < 4.78 is 0. The summed E-state index contributed by atoms with van der Waals surface area (Å²) >= 11 is 0. The van der Waals surface area contributed by atoms with E-state index >= 15 is 0 Å². The fourth-order valence-corrected chi connectivity index (χ4v) is 1.38. The summed E-state index contributed by atoms with van der Waals surface area (Å²) in [5.74, 6) is -0.475. The molecule has 0 spiro atoms. The summed E-state index contributed by atoms with van der Waals surface area (Å²) in [5, 5.41) is 4.84. The van der Waals surface area contributed by atoms with Gasteiger partial charge in [-0.1, -0.05) is 24.3 Å². The van der Waals surface area contributed by atoms with Crippen molar-refractivity contribution in [1.29, 1.82) is 0 Å². The van der Waals surface area contributed by atoms with Crippen LogP contribution in [0, 0.1) is 5.92 Å². The Hall–Kier alpha value is -1.58. The van der Waals surface area contributed by atoms with E-state index in [1.165, 1.54) is 0 Å². The van der Waals surface area contributed by atoms with Crippen LogP contribution in [0.2, 0.25) is 0 Å². The van der Waals surface area contributed by atoms with Crippen LogP contribution in [0.1, 0.15) is 0 Å². The molecule has 0 aromatic rings. The Morgan fingerprint density at radius 3 is 2.75 bits per heavy atom. The van der Waals surface area contributed by atoms with Gasteiger partial charge in [0.25, 0.3) is 0 Å². The first-order chi connectivity index (χ1) is 5.77. The quantitative estimate of drug-likeness (QED) is 0.526. The molecule has 62 valence electrons. The first-order valence-electron chi connectivity index (χ1n) is 3.74. The lowest BCUT2D eigenvalue weighted by Gasteiger charge is -2.28. The number of fused-ring (bicyclic) bond motifs is 1. The third kappa shape index (κ3) is 1.01. The fraction of sp³-hybridized carbons (Fsp3) is 0.250. The van der Waals surface area contributed by atoms with Crippen LogP contribution in [0.5, 0.6) is 0 Å². The maximum Gasteiger partial charge on any atom is 0.321 e. The Morgan fingerprint density at radius 1 is 1.17 bits per heavy atom. The second-order valence-corrected chi connectivity index (χ2v) is 2.78. The molecule has 0 aromatic heterocycles. The predicted octanol–water partition coefficient (Wildman–Crippen LogP) is -0.0634. The van der Waals surface area contributed by atoms with E-state index in [0.29, 0.717) is 0 Å². The zero-order valence-corrected chi connectivity index (χ0v) is 6.28. The fourth-order valence-electron chi connectivity index (χ4n) is 1.38. The minimum absolute atomic E-state index is 0.170. The van der Waals surface area contributed by atoms with E-state index in [0.717, 1.165) is 0 Å². The highest BCUT2D eigenvalue weighted by Gasteiger charge is 2.32. The van der Waals surface area contributed by atoms with Crippen molar-refractivity contribution in [3.8, 4) is 0 Å². The predicted molar refractivity (Wildman–Crippen MR) is 42.2 cm³/mol. The molecule has 0 aromatic carbocycles. The summed E-state index contributed by atoms with van der Waals surface area (Å²) in [5.41, 5.74) is 0. The molecule has 0 unspecified atom stereocenters. The van der Waals surface area contributed by atoms with Crippen LogP contribution in [-0.4, -0.2) is 18.0 Å². The monoisotopic (exact) mass is 164 g/mol. The minimum atomic E-state index is -0.416. The summed E-state index contributed by atoms with van der Waals surface area (Å²) in [7, 11) is 0. The normalized spacial score (nSPS) is 32.3. The van der Waals surface area contributed by atoms with Crippen LogP contribution < -0.4 is 10.6 Å². The molecule has 1 heterocycles. The molecule has 1 saturated heterocycles. The Kier molecular flexibility index (Phi) is 1.46. The molecule has 2 atom stereocenters. The van der Waals surface area contributed by atoms with Crippen molar-refractivity contribution in [3.63, 3.8) is 0 Å². The highest BCUT2D eigenvalue weighted by atomic mass is 16.2. The van der Waals surface area contributed by atoms with Crippen LogP contribution in [0.15, 0.2) is 24.3 Å². The summed E-state index contributed by atoms with van der Waals surface area (Å²) in [6, 6.07) is -0.586. The molecular weight excluding hydrogens is 156 g/mol. The topological polar surface area (TPSA) is 58.2 Å². The van der Waals surface area contributed by atoms with Crippen LogP contribution in [0.25, 0.3) is 0 Å². The van der Waals surface area contributed by atoms with Gasteiger partial charge in [-0.3, -0.25) is 10.1 Å². The Balaban J connectivity index is 2.25. The minimum Gasteiger partial charge on any atom is -0.330 e. The van der Waals surface area contributed by atoms with Gasteiger partial charge in [0.05, 0.1) is 12.0 Å². The summed E-state index contributed by atoms with van der Waals surface area (Å²) in [6.07, 6.45) is 7.21. The zero-order valence-electron chi connectivity index (χ0n) is 6.28. The lowest BCUT2D eigenvalue weighted by Crippen LogP contribution is -2.57. The van der Waals surface area contributed by atoms with E-state index in [4.69, 9.17) is 0 Å². The second kappa shape index (κ2) is 2.48. The lowest BCUT2D eigenvalue weighted by atomic mass is 9.93. The number of rotatable bonds is 0. The maximum absolute atomic E-state index is 11.2. The number of hydrogen-bond donors (Lipinski definition) is 2. The van der Waals surface area contributed by atoms with E-state index < -0.39 is 6.03 Å². The van der Waals surface area contributed by atoms with E-state index in [1.54, 1.807) is 18.2 Å². The SMILES string of the molecule is O=C1NC(=O)[C@@H]2C=CC=C[C@@H]2N1. The number of urea groups is 1. The average molecular weight is 164 g/mol. The molecule has 1 aliphatic carbocycles. The Bertz CT molecular complexity index is 293. The van der Waals surface area contributed by atoms with E-state index in [1.807, 2.05) is 6.08 Å². The molecule has 12 heavy (non-hydrogen) atoms. The molecule has 2 rings (SSSR count). The van der Waals surface area contributed by atoms with Gasteiger partial charge in [0, 0.05) is 0 Å². The van der Waals surface area contributed by atoms with Crippen molar-refractivity contribution in [2.75, 3.05) is 0 Å². The molecule has 0 bridgehead atoms. The van der Waals surface area contributed by atoms with Crippen LogP contribution >= 0.6 is 0 Å². The standard InChI is InChI=1S/C8H8N2O2/c11-7-5-3-1-2-4-6(5)9-8(12)10-7/h1-6H,(H2,9,10,11,12)/t5-,6+/m1/s1. The van der Waals surface area contributed by atoms with Crippen molar-refractivity contribution in [3.05, 3.63) is 24.3 Å².